The lowest BCUT2D eigenvalue weighted by molar-refractivity contribution is 0.0459. The van der Waals surface area contributed by atoms with Gasteiger partial charge in [-0.3, -0.25) is 4.99 Å². The van der Waals surface area contributed by atoms with Crippen LogP contribution < -0.4 is 10.6 Å². The second-order valence-electron chi connectivity index (χ2n) is 15.4. The number of aryl methyl sites for hydroxylation is 1. The number of fused-ring (bicyclic) bond motifs is 3. The SMILES string of the molecule is C=C(C)C.C=C(C1CCCCC1)N(CC12CCC(c3ccc(CC)cc3)(CC1)CC2)c1cc(/C(C=NC(C)(C)CC)=C/N)ccn1.CC.CC.CC. The van der Waals surface area contributed by atoms with E-state index in [9.17, 15) is 0 Å². The maximum absolute atomic E-state index is 6.15. The molecule has 4 saturated carbocycles. The van der Waals surface area contributed by atoms with Gasteiger partial charge >= 0.3 is 0 Å². The van der Waals surface area contributed by atoms with E-state index in [1.54, 1.807) is 11.8 Å². The molecule has 4 aliphatic carbocycles. The molecule has 292 valence electrons. The molecular weight excluding hydrogens is 633 g/mol. The molecule has 2 bridgehead atoms. The predicted molar refractivity (Wildman–Crippen MR) is 234 cm³/mol. The summed E-state index contributed by atoms with van der Waals surface area (Å²) < 4.78 is 0. The van der Waals surface area contributed by atoms with Crippen molar-refractivity contribution in [3.63, 3.8) is 0 Å². The van der Waals surface area contributed by atoms with E-state index in [4.69, 9.17) is 22.3 Å². The van der Waals surface area contributed by atoms with Crippen molar-refractivity contribution < 1.29 is 0 Å². The van der Waals surface area contributed by atoms with E-state index in [0.717, 1.165) is 36.3 Å². The Bertz CT molecular complexity index is 1340. The number of hydrogen-bond acceptors (Lipinski definition) is 4. The summed E-state index contributed by atoms with van der Waals surface area (Å²) in [6.07, 6.45) is 21.8. The van der Waals surface area contributed by atoms with Gasteiger partial charge in [0.25, 0.3) is 0 Å². The van der Waals surface area contributed by atoms with Gasteiger partial charge < -0.3 is 10.6 Å². The first-order valence-corrected chi connectivity index (χ1v) is 21.1. The zero-order valence-corrected chi connectivity index (χ0v) is 36.0. The number of hydrogen-bond donors (Lipinski definition) is 1. The minimum atomic E-state index is -0.111. The van der Waals surface area contributed by atoms with Gasteiger partial charge in [0.1, 0.15) is 5.82 Å². The number of benzene rings is 1. The molecule has 0 atom stereocenters. The number of aromatic nitrogens is 1. The molecule has 4 aliphatic rings. The summed E-state index contributed by atoms with van der Waals surface area (Å²) in [6, 6.07) is 13.8. The second kappa shape index (κ2) is 23.5. The van der Waals surface area contributed by atoms with Crippen molar-refractivity contribution in [2.75, 3.05) is 11.4 Å². The molecule has 1 aromatic carbocycles. The highest BCUT2D eigenvalue weighted by atomic mass is 15.2. The van der Waals surface area contributed by atoms with E-state index >= 15 is 0 Å². The number of pyridine rings is 1. The summed E-state index contributed by atoms with van der Waals surface area (Å²) in [5, 5.41) is 0. The van der Waals surface area contributed by atoms with Gasteiger partial charge in [-0.15, -0.1) is 6.58 Å². The minimum absolute atomic E-state index is 0.111. The Kier molecular flexibility index (Phi) is 21.2. The fraction of sp³-hybridized carbons (Fsp3) is 0.625. The van der Waals surface area contributed by atoms with E-state index in [1.807, 2.05) is 67.8 Å². The first-order valence-electron chi connectivity index (χ1n) is 21.1. The Labute approximate surface area is 322 Å². The number of anilines is 1. The van der Waals surface area contributed by atoms with Crippen LogP contribution in [0.2, 0.25) is 0 Å². The van der Waals surface area contributed by atoms with Crippen LogP contribution in [0.3, 0.4) is 0 Å². The van der Waals surface area contributed by atoms with Crippen molar-refractivity contribution in [1.82, 2.24) is 4.98 Å². The molecule has 0 radical (unpaired) electrons. The second-order valence-corrected chi connectivity index (χ2v) is 15.4. The molecule has 1 heterocycles. The molecule has 0 unspecified atom stereocenters. The number of nitrogens with two attached hydrogens (primary N) is 1. The van der Waals surface area contributed by atoms with Crippen LogP contribution >= 0.6 is 0 Å². The van der Waals surface area contributed by atoms with Crippen LogP contribution in [0.1, 0.15) is 177 Å². The first-order chi connectivity index (χ1) is 25.0. The zero-order chi connectivity index (χ0) is 39.4. The van der Waals surface area contributed by atoms with Gasteiger partial charge in [0.15, 0.2) is 0 Å². The normalized spacial score (nSPS) is 21.2. The molecule has 6 rings (SSSR count). The van der Waals surface area contributed by atoms with Crippen LogP contribution in [0.5, 0.6) is 0 Å². The van der Waals surface area contributed by atoms with E-state index in [-0.39, 0.29) is 5.54 Å². The molecule has 0 amide bonds. The van der Waals surface area contributed by atoms with Crippen molar-refractivity contribution in [3.05, 3.63) is 89.9 Å². The molecule has 2 aromatic rings. The molecule has 52 heavy (non-hydrogen) atoms. The molecule has 4 fully saturated rings. The van der Waals surface area contributed by atoms with Crippen molar-refractivity contribution >= 4 is 17.6 Å². The van der Waals surface area contributed by atoms with Gasteiger partial charge in [-0.05, 0) is 137 Å². The van der Waals surface area contributed by atoms with Crippen molar-refractivity contribution in [3.8, 4) is 0 Å². The number of nitrogens with zero attached hydrogens (tertiary/aromatic N) is 3. The van der Waals surface area contributed by atoms with Gasteiger partial charge in [0, 0.05) is 36.4 Å². The van der Waals surface area contributed by atoms with Gasteiger partial charge in [-0.25, -0.2) is 4.98 Å². The first kappa shape index (κ1) is 46.9. The third-order valence-corrected chi connectivity index (χ3v) is 11.2. The van der Waals surface area contributed by atoms with Crippen LogP contribution in [-0.4, -0.2) is 23.3 Å². The summed E-state index contributed by atoms with van der Waals surface area (Å²) in [4.78, 5) is 12.3. The van der Waals surface area contributed by atoms with E-state index in [2.05, 4.69) is 75.6 Å². The number of rotatable bonds is 11. The van der Waals surface area contributed by atoms with Gasteiger partial charge in [-0.2, -0.15) is 0 Å². The Hall–Kier alpha value is -3.14. The molecule has 4 nitrogen and oxygen atoms in total. The Morgan fingerprint density at radius 3 is 1.90 bits per heavy atom. The van der Waals surface area contributed by atoms with Crippen molar-refractivity contribution in [1.29, 1.82) is 0 Å². The molecule has 2 N–H and O–H groups in total. The topological polar surface area (TPSA) is 54.5 Å². The van der Waals surface area contributed by atoms with E-state index in [0.29, 0.717) is 16.7 Å². The fourth-order valence-electron chi connectivity index (χ4n) is 7.64. The summed E-state index contributed by atoms with van der Waals surface area (Å²) in [6.45, 7) is 34.0. The van der Waals surface area contributed by atoms with Crippen molar-refractivity contribution in [2.24, 2.45) is 22.1 Å². The molecule has 1 aromatic heterocycles. The quantitative estimate of drug-likeness (QED) is 0.186. The molecule has 4 heteroatoms. The van der Waals surface area contributed by atoms with Gasteiger partial charge in [-0.1, -0.05) is 111 Å². The summed E-state index contributed by atoms with van der Waals surface area (Å²) in [7, 11) is 0. The van der Waals surface area contributed by atoms with Crippen LogP contribution in [0.25, 0.3) is 5.57 Å². The largest absolute Gasteiger partial charge is 0.404 e. The van der Waals surface area contributed by atoms with Crippen LogP contribution in [0.4, 0.5) is 5.82 Å². The van der Waals surface area contributed by atoms with Crippen molar-refractivity contribution in [2.45, 2.75) is 178 Å². The van der Waals surface area contributed by atoms with Crippen LogP contribution in [0, 0.1) is 11.3 Å². The van der Waals surface area contributed by atoms with E-state index in [1.165, 1.54) is 87.5 Å². The van der Waals surface area contributed by atoms with Crippen LogP contribution in [-0.2, 0) is 11.8 Å². The minimum Gasteiger partial charge on any atom is -0.404 e. The number of aliphatic imine (C=N–C) groups is 1. The average Bonchev–Trinajstić information content (AvgIpc) is 3.20. The third-order valence-electron chi connectivity index (χ3n) is 11.2. The standard InChI is InChI=1S/C38H54N4.C4H8.3C2H6/c1-6-30-13-15-34(16-14-30)38-21-18-37(19-22-38,20-23-38)28-42(29(3)31-11-9-8-10-12-31)35-25-32(17-24-40-35)33(26-39)27-41-36(4,5)7-2;1-4(2)3;3*1-2/h13-17,24-27,31H,3,6-12,18-23,28,39H2,1-2,4-5H3;1H2,2-3H3;3*1-2H3/b33-26+,41-27?;;;;. The fourth-order valence-corrected chi connectivity index (χ4v) is 7.64. The third kappa shape index (κ3) is 13.4. The lowest BCUT2D eigenvalue weighted by atomic mass is 9.51. The smallest absolute Gasteiger partial charge is 0.133 e. The average molecular weight is 713 g/mol. The van der Waals surface area contributed by atoms with Gasteiger partial charge in [0.2, 0.25) is 0 Å². The highest BCUT2D eigenvalue weighted by Gasteiger charge is 2.50. The highest BCUT2D eigenvalue weighted by Crippen LogP contribution is 2.58. The zero-order valence-electron chi connectivity index (χ0n) is 36.0. The number of allylic oxidation sites excluding steroid dienone is 3. The van der Waals surface area contributed by atoms with Gasteiger partial charge in [0.05, 0.1) is 5.54 Å². The lowest BCUT2D eigenvalue weighted by Crippen LogP contribution is -2.49. The Balaban J connectivity index is 0.00000123. The van der Waals surface area contributed by atoms with Crippen LogP contribution in [0.15, 0.2) is 78.2 Å². The lowest BCUT2D eigenvalue weighted by Gasteiger charge is -2.55. The summed E-state index contributed by atoms with van der Waals surface area (Å²) >= 11 is 0. The molecule has 0 saturated heterocycles. The summed E-state index contributed by atoms with van der Waals surface area (Å²) in [5.41, 5.74) is 14.2. The monoisotopic (exact) mass is 713 g/mol. The van der Waals surface area contributed by atoms with E-state index < -0.39 is 0 Å². The maximum Gasteiger partial charge on any atom is 0.133 e. The predicted octanol–water partition coefficient (Wildman–Crippen LogP) is 14.1. The molecular formula is C48H80N4. The summed E-state index contributed by atoms with van der Waals surface area (Å²) in [5.74, 6) is 1.55. The maximum atomic E-state index is 6.15. The molecule has 0 spiro atoms. The Morgan fingerprint density at radius 1 is 0.885 bits per heavy atom. The Morgan fingerprint density at radius 2 is 1.42 bits per heavy atom. The molecule has 0 aliphatic heterocycles. The highest BCUT2D eigenvalue weighted by molar-refractivity contribution is 6.09.